The molecule has 0 N–H and O–H groups in total. The van der Waals surface area contributed by atoms with Crippen molar-refractivity contribution in [2.24, 2.45) is 0 Å². The molecule has 2 atom stereocenters. The lowest BCUT2D eigenvalue weighted by atomic mass is 9.99. The van der Waals surface area contributed by atoms with Crippen LogP contribution in [-0.4, -0.2) is 40.4 Å². The van der Waals surface area contributed by atoms with Crippen LogP contribution >= 0.6 is 0 Å². The van der Waals surface area contributed by atoms with Gasteiger partial charge in [0.1, 0.15) is 0 Å². The Labute approximate surface area is 248 Å². The van der Waals surface area contributed by atoms with Gasteiger partial charge in [-0.2, -0.15) is 0 Å². The maximum absolute atomic E-state index is 14.4. The maximum Gasteiger partial charge on any atom is 0.204 e. The zero-order valence-electron chi connectivity index (χ0n) is 25.6. The topological polar surface area (TPSA) is 55.8 Å². The first-order valence-corrected chi connectivity index (χ1v) is 18.8. The lowest BCUT2D eigenvalue weighted by Gasteiger charge is -2.45. The molecule has 3 aromatic carbocycles. The van der Waals surface area contributed by atoms with Gasteiger partial charge in [-0.15, -0.1) is 0 Å². The summed E-state index contributed by atoms with van der Waals surface area (Å²) in [5.41, 5.74) is 3.94. The molecule has 0 amide bonds. The van der Waals surface area contributed by atoms with Crippen LogP contribution < -0.4 is 0 Å². The number of sulfone groups is 1. The fourth-order valence-corrected chi connectivity index (χ4v) is 7.41. The van der Waals surface area contributed by atoms with Crippen LogP contribution in [0.4, 0.5) is 0 Å². The Kier molecular flexibility index (Phi) is 9.64. The zero-order valence-corrected chi connectivity index (χ0v) is 27.4. The van der Waals surface area contributed by atoms with Gasteiger partial charge in [-0.1, -0.05) is 99.1 Å². The molecular formula is C34H45NO4SSi. The van der Waals surface area contributed by atoms with Gasteiger partial charge >= 0.3 is 0 Å². The van der Waals surface area contributed by atoms with E-state index in [2.05, 4.69) is 57.8 Å². The molecule has 4 rings (SSSR count). The quantitative estimate of drug-likeness (QED) is 0.225. The second-order valence-corrected chi connectivity index (χ2v) is 19.4. The molecule has 0 fully saturated rings. The molecule has 1 heterocycles. The molecule has 0 saturated heterocycles. The molecule has 0 radical (unpaired) electrons. The van der Waals surface area contributed by atoms with Crippen LogP contribution in [0.3, 0.4) is 0 Å². The van der Waals surface area contributed by atoms with Crippen LogP contribution in [0, 0.1) is 6.92 Å². The number of nitrogens with zero attached hydrogens (tertiary/aromatic N) is 1. The van der Waals surface area contributed by atoms with Crippen molar-refractivity contribution in [2.45, 2.75) is 89.4 Å². The number of benzene rings is 3. The Morgan fingerprint density at radius 2 is 1.41 bits per heavy atom. The molecule has 0 saturated carbocycles. The third-order valence-corrected chi connectivity index (χ3v) is 15.0. The Morgan fingerprint density at radius 1 is 0.854 bits per heavy atom. The molecule has 1 aliphatic heterocycles. The van der Waals surface area contributed by atoms with Crippen molar-refractivity contribution in [3.05, 3.63) is 112 Å². The normalized spacial score (nSPS) is 18.6. The zero-order chi connectivity index (χ0) is 29.8. The minimum atomic E-state index is -3.80. The van der Waals surface area contributed by atoms with Gasteiger partial charge in [-0.05, 0) is 55.2 Å². The second kappa shape index (κ2) is 12.7. The van der Waals surface area contributed by atoms with Gasteiger partial charge in [0, 0.05) is 13.0 Å². The van der Waals surface area contributed by atoms with E-state index in [-0.39, 0.29) is 23.8 Å². The molecule has 5 nitrogen and oxygen atoms in total. The fraction of sp³-hybridized carbons (Fsp3) is 0.412. The van der Waals surface area contributed by atoms with Gasteiger partial charge in [0.25, 0.3) is 0 Å². The van der Waals surface area contributed by atoms with Crippen LogP contribution in [0.2, 0.25) is 18.1 Å². The predicted molar refractivity (Wildman–Crippen MR) is 170 cm³/mol. The van der Waals surface area contributed by atoms with Crippen LogP contribution in [0.1, 0.15) is 50.8 Å². The van der Waals surface area contributed by atoms with E-state index in [4.69, 9.17) is 9.16 Å². The van der Waals surface area contributed by atoms with Gasteiger partial charge in [0.2, 0.25) is 9.84 Å². The van der Waals surface area contributed by atoms with Gasteiger partial charge in [-0.3, -0.25) is 0 Å². The summed E-state index contributed by atoms with van der Waals surface area (Å²) in [6.07, 6.45) is -0.0168. The molecule has 3 aromatic rings. The minimum Gasteiger partial charge on any atom is -0.411 e. The lowest BCUT2D eigenvalue weighted by molar-refractivity contribution is -0.0215. The highest BCUT2D eigenvalue weighted by atomic mass is 32.2. The molecule has 41 heavy (non-hydrogen) atoms. The monoisotopic (exact) mass is 591 g/mol. The Bertz CT molecular complexity index is 1430. The van der Waals surface area contributed by atoms with Gasteiger partial charge in [0.15, 0.2) is 8.32 Å². The van der Waals surface area contributed by atoms with Gasteiger partial charge in [0.05, 0.1) is 40.9 Å². The summed E-state index contributed by atoms with van der Waals surface area (Å²) in [5, 5.41) is -0.00454. The fourth-order valence-electron chi connectivity index (χ4n) is 4.83. The van der Waals surface area contributed by atoms with Gasteiger partial charge in [-0.25, -0.2) is 8.42 Å². The smallest absolute Gasteiger partial charge is 0.204 e. The van der Waals surface area contributed by atoms with Crippen molar-refractivity contribution in [3.8, 4) is 0 Å². The SMILES string of the molecule is Cc1ccc(S(=O)(=O)C2=C(CO[Si](C)(C)C(C)(C)C)N(Cc3ccccc3)[C@@H](C)[C@@H](OCc3ccccc3)C2)cc1. The van der Waals surface area contributed by atoms with Gasteiger partial charge < -0.3 is 14.1 Å². The van der Waals surface area contributed by atoms with E-state index in [1.807, 2.05) is 67.6 Å². The highest BCUT2D eigenvalue weighted by molar-refractivity contribution is 7.95. The van der Waals surface area contributed by atoms with Crippen molar-refractivity contribution < 1.29 is 17.6 Å². The average molecular weight is 592 g/mol. The number of rotatable bonds is 10. The van der Waals surface area contributed by atoms with E-state index in [1.165, 1.54) is 0 Å². The first-order chi connectivity index (χ1) is 19.3. The van der Waals surface area contributed by atoms with E-state index in [1.54, 1.807) is 12.1 Å². The third-order valence-electron chi connectivity index (χ3n) is 8.62. The van der Waals surface area contributed by atoms with Crippen LogP contribution in [0.5, 0.6) is 0 Å². The van der Waals surface area contributed by atoms with Crippen molar-refractivity contribution in [1.29, 1.82) is 0 Å². The van der Waals surface area contributed by atoms with E-state index >= 15 is 0 Å². The number of aryl methyl sites for hydroxylation is 1. The summed E-state index contributed by atoms with van der Waals surface area (Å²) in [6, 6.07) is 27.3. The maximum atomic E-state index is 14.4. The minimum absolute atomic E-state index is 0.00454. The summed E-state index contributed by atoms with van der Waals surface area (Å²) in [7, 11) is -5.97. The molecule has 0 aromatic heterocycles. The second-order valence-electron chi connectivity index (χ2n) is 12.6. The Balaban J connectivity index is 1.81. The summed E-state index contributed by atoms with van der Waals surface area (Å²) in [4.78, 5) is 2.91. The molecule has 220 valence electrons. The van der Waals surface area contributed by atoms with Crippen molar-refractivity contribution in [2.75, 3.05) is 6.61 Å². The molecular weight excluding hydrogens is 547 g/mol. The van der Waals surface area contributed by atoms with E-state index in [0.29, 0.717) is 29.4 Å². The van der Waals surface area contributed by atoms with Crippen LogP contribution in [0.25, 0.3) is 0 Å². The number of hydrogen-bond acceptors (Lipinski definition) is 5. The van der Waals surface area contributed by atoms with E-state index in [9.17, 15) is 8.42 Å². The summed E-state index contributed by atoms with van der Waals surface area (Å²) in [6.45, 7) is 16.4. The lowest BCUT2D eigenvalue weighted by Crippen LogP contribution is -2.49. The van der Waals surface area contributed by atoms with E-state index < -0.39 is 18.2 Å². The Morgan fingerprint density at radius 3 is 1.98 bits per heavy atom. The highest BCUT2D eigenvalue weighted by Gasteiger charge is 2.42. The third kappa shape index (κ3) is 7.39. The summed E-state index contributed by atoms with van der Waals surface area (Å²) >= 11 is 0. The first kappa shape index (κ1) is 31.2. The van der Waals surface area contributed by atoms with Crippen molar-refractivity contribution >= 4 is 18.2 Å². The largest absolute Gasteiger partial charge is 0.411 e. The number of hydrogen-bond donors (Lipinski definition) is 0. The standard InChI is InChI=1S/C34H45NO4SSi/c1-26-18-20-30(21-19-26)40(36,37)33-22-32(38-24-29-16-12-9-13-17-29)27(2)35(23-28-14-10-8-11-15-28)31(33)25-39-41(6,7)34(3,4)5/h8-21,27,32H,22-25H2,1-7H3/t27-,32-/m0/s1. The van der Waals surface area contributed by atoms with Crippen LogP contribution in [-0.2, 0) is 32.2 Å². The average Bonchev–Trinajstić information content (AvgIpc) is 2.93. The predicted octanol–water partition coefficient (Wildman–Crippen LogP) is 7.88. The van der Waals surface area contributed by atoms with E-state index in [0.717, 1.165) is 22.4 Å². The molecule has 0 aliphatic carbocycles. The number of ether oxygens (including phenoxy) is 1. The molecule has 0 spiro atoms. The molecule has 7 heteroatoms. The molecule has 1 aliphatic rings. The first-order valence-electron chi connectivity index (χ1n) is 14.4. The summed E-state index contributed by atoms with van der Waals surface area (Å²) in [5.74, 6) is 0. The summed E-state index contributed by atoms with van der Waals surface area (Å²) < 4.78 is 42.0. The highest BCUT2D eigenvalue weighted by Crippen LogP contribution is 2.40. The molecule has 0 unspecified atom stereocenters. The van der Waals surface area contributed by atoms with Crippen molar-refractivity contribution in [3.63, 3.8) is 0 Å². The molecule has 0 bridgehead atoms. The van der Waals surface area contributed by atoms with Crippen LogP contribution in [0.15, 0.2) is 100 Å². The Hall–Kier alpha value is -2.71. The van der Waals surface area contributed by atoms with Crippen molar-refractivity contribution in [1.82, 2.24) is 4.90 Å².